The van der Waals surface area contributed by atoms with Gasteiger partial charge in [-0.25, -0.2) is 0 Å². The van der Waals surface area contributed by atoms with Crippen molar-refractivity contribution in [3.05, 3.63) is 59.7 Å². The van der Waals surface area contributed by atoms with Gasteiger partial charge in [0.05, 0.1) is 13.5 Å². The van der Waals surface area contributed by atoms with E-state index in [1.165, 1.54) is 0 Å². The van der Waals surface area contributed by atoms with Gasteiger partial charge in [0.2, 0.25) is 0 Å². The maximum atomic E-state index is 10.6. The molecule has 0 fully saturated rings. The predicted octanol–water partition coefficient (Wildman–Crippen LogP) is 3.61. The number of aliphatic carboxylic acids is 1. The minimum absolute atomic E-state index is 0.0669. The van der Waals surface area contributed by atoms with Crippen LogP contribution in [0, 0.1) is 0 Å². The van der Waals surface area contributed by atoms with Gasteiger partial charge < -0.3 is 9.84 Å². The van der Waals surface area contributed by atoms with Gasteiger partial charge in [0.15, 0.2) is 0 Å². The van der Waals surface area contributed by atoms with Crippen LogP contribution in [0.5, 0.6) is 5.75 Å². The van der Waals surface area contributed by atoms with Gasteiger partial charge in [0.25, 0.3) is 0 Å². The van der Waals surface area contributed by atoms with Crippen LogP contribution in [0.1, 0.15) is 11.1 Å². The first-order valence-corrected chi connectivity index (χ1v) is 7.23. The summed E-state index contributed by atoms with van der Waals surface area (Å²) in [6, 6.07) is 15.6. The summed E-state index contributed by atoms with van der Waals surface area (Å²) in [7, 11) is 1.67. The number of hydrogen-bond donors (Lipinski definition) is 1. The van der Waals surface area contributed by atoms with E-state index in [1.807, 2.05) is 48.5 Å². The summed E-state index contributed by atoms with van der Waals surface area (Å²) in [4.78, 5) is 11.7. The van der Waals surface area contributed by atoms with Gasteiger partial charge in [-0.05, 0) is 23.8 Å². The lowest BCUT2D eigenvalue weighted by atomic mass is 10.2. The second-order valence-electron chi connectivity index (χ2n) is 4.31. The van der Waals surface area contributed by atoms with E-state index < -0.39 is 5.97 Å². The van der Waals surface area contributed by atoms with Crippen molar-refractivity contribution in [2.75, 3.05) is 7.11 Å². The fraction of sp³-hybridized carbons (Fsp3) is 0.188. The highest BCUT2D eigenvalue weighted by atomic mass is 32.2. The average molecular weight is 288 g/mol. The van der Waals surface area contributed by atoms with Gasteiger partial charge in [-0.1, -0.05) is 30.3 Å². The SMILES string of the molecule is COc1ccccc1CSc1ccc(CC(=O)O)cc1. The number of benzene rings is 2. The minimum atomic E-state index is -0.806. The predicted molar refractivity (Wildman–Crippen MR) is 80.3 cm³/mol. The third kappa shape index (κ3) is 4.03. The maximum Gasteiger partial charge on any atom is 0.307 e. The van der Waals surface area contributed by atoms with Crippen LogP contribution in [0.3, 0.4) is 0 Å². The van der Waals surface area contributed by atoms with Crippen molar-refractivity contribution in [2.24, 2.45) is 0 Å². The molecule has 0 aliphatic carbocycles. The summed E-state index contributed by atoms with van der Waals surface area (Å²) in [6.45, 7) is 0. The molecular formula is C16H16O3S. The molecule has 0 aliphatic rings. The Kier molecular flexibility index (Phi) is 5.07. The van der Waals surface area contributed by atoms with E-state index in [4.69, 9.17) is 9.84 Å². The summed E-state index contributed by atoms with van der Waals surface area (Å²) < 4.78 is 5.32. The van der Waals surface area contributed by atoms with Crippen LogP contribution < -0.4 is 4.74 Å². The third-order valence-corrected chi connectivity index (χ3v) is 3.93. The molecule has 104 valence electrons. The monoisotopic (exact) mass is 288 g/mol. The summed E-state index contributed by atoms with van der Waals surface area (Å²) >= 11 is 1.70. The Balaban J connectivity index is 1.98. The molecule has 0 saturated heterocycles. The van der Waals surface area contributed by atoms with Crippen LogP contribution >= 0.6 is 11.8 Å². The van der Waals surface area contributed by atoms with Crippen LogP contribution in [0.2, 0.25) is 0 Å². The number of carboxylic acid groups (broad SMARTS) is 1. The lowest BCUT2D eigenvalue weighted by molar-refractivity contribution is -0.136. The van der Waals surface area contributed by atoms with E-state index in [2.05, 4.69) is 0 Å². The number of carboxylic acids is 1. The van der Waals surface area contributed by atoms with Crippen LogP contribution in [0.4, 0.5) is 0 Å². The van der Waals surface area contributed by atoms with E-state index in [-0.39, 0.29) is 6.42 Å². The number of methoxy groups -OCH3 is 1. The van der Waals surface area contributed by atoms with Crippen molar-refractivity contribution in [1.29, 1.82) is 0 Å². The Labute approximate surface area is 122 Å². The van der Waals surface area contributed by atoms with E-state index in [0.717, 1.165) is 27.5 Å². The fourth-order valence-electron chi connectivity index (χ4n) is 1.86. The minimum Gasteiger partial charge on any atom is -0.496 e. The zero-order valence-corrected chi connectivity index (χ0v) is 12.0. The van der Waals surface area contributed by atoms with Gasteiger partial charge >= 0.3 is 5.97 Å². The number of thioether (sulfide) groups is 1. The quantitative estimate of drug-likeness (QED) is 0.825. The van der Waals surface area contributed by atoms with Crippen molar-refractivity contribution >= 4 is 17.7 Å². The van der Waals surface area contributed by atoms with Crippen LogP contribution in [0.25, 0.3) is 0 Å². The van der Waals surface area contributed by atoms with E-state index in [0.29, 0.717) is 0 Å². The molecule has 2 rings (SSSR count). The highest BCUT2D eigenvalue weighted by Gasteiger charge is 2.04. The molecule has 3 nitrogen and oxygen atoms in total. The number of ether oxygens (including phenoxy) is 1. The number of rotatable bonds is 6. The molecule has 0 bridgehead atoms. The molecule has 0 radical (unpaired) electrons. The Morgan fingerprint density at radius 3 is 2.50 bits per heavy atom. The standard InChI is InChI=1S/C16H16O3S/c1-19-15-5-3-2-4-13(15)11-20-14-8-6-12(7-9-14)10-16(17)18/h2-9H,10-11H2,1H3,(H,17,18). The lowest BCUT2D eigenvalue weighted by Gasteiger charge is -2.08. The Bertz CT molecular complexity index is 579. The molecular weight excluding hydrogens is 272 g/mol. The highest BCUT2D eigenvalue weighted by Crippen LogP contribution is 2.27. The zero-order chi connectivity index (χ0) is 14.4. The van der Waals surface area contributed by atoms with E-state index in [9.17, 15) is 4.79 Å². The molecule has 0 atom stereocenters. The van der Waals surface area contributed by atoms with Crippen molar-refractivity contribution in [1.82, 2.24) is 0 Å². The largest absolute Gasteiger partial charge is 0.496 e. The van der Waals surface area contributed by atoms with E-state index >= 15 is 0 Å². The molecule has 0 spiro atoms. The summed E-state index contributed by atoms with van der Waals surface area (Å²) in [6.07, 6.45) is 0.0669. The normalized spacial score (nSPS) is 10.2. The van der Waals surface area contributed by atoms with Crippen LogP contribution in [0.15, 0.2) is 53.4 Å². The first-order chi connectivity index (χ1) is 9.69. The number of para-hydroxylation sites is 1. The lowest BCUT2D eigenvalue weighted by Crippen LogP contribution is -1.99. The molecule has 0 amide bonds. The zero-order valence-electron chi connectivity index (χ0n) is 11.2. The second kappa shape index (κ2) is 7.01. The van der Waals surface area contributed by atoms with E-state index in [1.54, 1.807) is 18.9 Å². The molecule has 1 N–H and O–H groups in total. The molecule has 0 saturated carbocycles. The summed E-state index contributed by atoms with van der Waals surface area (Å²) in [5.74, 6) is 0.907. The van der Waals surface area contributed by atoms with Crippen molar-refractivity contribution < 1.29 is 14.6 Å². The number of hydrogen-bond acceptors (Lipinski definition) is 3. The van der Waals surface area contributed by atoms with Crippen LogP contribution in [-0.4, -0.2) is 18.2 Å². The highest BCUT2D eigenvalue weighted by molar-refractivity contribution is 7.98. The fourth-order valence-corrected chi connectivity index (χ4v) is 2.75. The van der Waals surface area contributed by atoms with Gasteiger partial charge in [-0.15, -0.1) is 11.8 Å². The topological polar surface area (TPSA) is 46.5 Å². The summed E-state index contributed by atoms with van der Waals surface area (Å²) in [5.41, 5.74) is 1.97. The third-order valence-electron chi connectivity index (χ3n) is 2.87. The maximum absolute atomic E-state index is 10.6. The molecule has 0 unspecified atom stereocenters. The van der Waals surface area contributed by atoms with Crippen molar-refractivity contribution in [2.45, 2.75) is 17.1 Å². The smallest absolute Gasteiger partial charge is 0.307 e. The van der Waals surface area contributed by atoms with Gasteiger partial charge in [-0.3, -0.25) is 4.79 Å². The molecule has 0 heterocycles. The molecule has 4 heteroatoms. The van der Waals surface area contributed by atoms with Gasteiger partial charge in [0, 0.05) is 16.2 Å². The number of carbonyl (C=O) groups is 1. The first kappa shape index (κ1) is 14.5. The molecule has 0 aliphatic heterocycles. The summed E-state index contributed by atoms with van der Waals surface area (Å²) in [5, 5.41) is 8.73. The van der Waals surface area contributed by atoms with Gasteiger partial charge in [-0.2, -0.15) is 0 Å². The van der Waals surface area contributed by atoms with Crippen LogP contribution in [-0.2, 0) is 17.0 Å². The Morgan fingerprint density at radius 2 is 1.85 bits per heavy atom. The molecule has 0 aromatic heterocycles. The Hall–Kier alpha value is -1.94. The molecule has 2 aromatic carbocycles. The van der Waals surface area contributed by atoms with Gasteiger partial charge in [0.1, 0.15) is 5.75 Å². The molecule has 2 aromatic rings. The van der Waals surface area contributed by atoms with Crippen molar-refractivity contribution in [3.8, 4) is 5.75 Å². The molecule has 20 heavy (non-hydrogen) atoms. The van der Waals surface area contributed by atoms with Crippen molar-refractivity contribution in [3.63, 3.8) is 0 Å². The average Bonchev–Trinajstić information content (AvgIpc) is 2.46. The first-order valence-electron chi connectivity index (χ1n) is 6.24. The Morgan fingerprint density at radius 1 is 1.15 bits per heavy atom. The second-order valence-corrected chi connectivity index (χ2v) is 5.36.